The van der Waals surface area contributed by atoms with Crippen LogP contribution in [0, 0.1) is 11.3 Å². The van der Waals surface area contributed by atoms with Gasteiger partial charge in [-0.2, -0.15) is 5.26 Å². The van der Waals surface area contributed by atoms with Gasteiger partial charge in [0.05, 0.1) is 6.07 Å². The summed E-state index contributed by atoms with van der Waals surface area (Å²) in [6, 6.07) is 3.60. The largest absolute Gasteiger partial charge is 0.314 e. The maximum Gasteiger partial charge on any atom is 0.101 e. The molecule has 1 saturated heterocycles. The van der Waals surface area contributed by atoms with Crippen LogP contribution in [-0.2, 0) is 0 Å². The van der Waals surface area contributed by atoms with E-state index in [0.717, 1.165) is 37.9 Å². The Morgan fingerprint density at radius 2 is 1.88 bits per heavy atom. The summed E-state index contributed by atoms with van der Waals surface area (Å²) in [6.07, 6.45) is 7.04. The van der Waals surface area contributed by atoms with Crippen molar-refractivity contribution in [3.05, 3.63) is 0 Å². The predicted molar refractivity (Wildman–Crippen MR) is 71.5 cm³/mol. The molecule has 1 aliphatic rings. The smallest absolute Gasteiger partial charge is 0.101 e. The Hall–Kier alpha value is -0.590. The molecule has 1 aliphatic heterocycles. The highest BCUT2D eigenvalue weighted by atomic mass is 15.2. The molecule has 0 aromatic heterocycles. The molecule has 2 N–H and O–H groups in total. The molecule has 0 bridgehead atoms. The minimum Gasteiger partial charge on any atom is -0.314 e. The lowest BCUT2D eigenvalue weighted by Gasteiger charge is -2.39. The molecule has 0 aromatic carbocycles. The molecule has 3 unspecified atom stereocenters. The summed E-state index contributed by atoms with van der Waals surface area (Å²) in [7, 11) is 0. The van der Waals surface area contributed by atoms with Crippen LogP contribution in [0.2, 0.25) is 0 Å². The number of hydrogen-bond donors (Lipinski definition) is 1. The molecule has 1 fully saturated rings. The highest BCUT2D eigenvalue weighted by Crippen LogP contribution is 2.23. The van der Waals surface area contributed by atoms with Crippen LogP contribution in [-0.4, -0.2) is 29.1 Å². The number of unbranched alkanes of at least 4 members (excludes halogenated alkanes) is 1. The fourth-order valence-corrected chi connectivity index (χ4v) is 2.76. The van der Waals surface area contributed by atoms with Crippen LogP contribution in [0.1, 0.15) is 59.3 Å². The first-order valence-corrected chi connectivity index (χ1v) is 6.92. The molecule has 3 heteroatoms. The Balaban J connectivity index is 2.24. The highest BCUT2D eigenvalue weighted by Gasteiger charge is 2.24. The first kappa shape index (κ1) is 14.5. The summed E-state index contributed by atoms with van der Waals surface area (Å²) in [5, 5.41) is 8.84. The molecule has 0 amide bonds. The van der Waals surface area contributed by atoms with E-state index in [1.165, 1.54) is 19.3 Å². The topological polar surface area (TPSA) is 53.0 Å². The van der Waals surface area contributed by atoms with Crippen molar-refractivity contribution in [2.75, 3.05) is 6.54 Å². The standard InChI is InChI=1S/C14H27N3/c1-12-7-6-8-13(2)17(12)10-5-4-9-14(3,16)11-15/h12-13H,4-10,16H2,1-3H3. The third-order valence-electron chi connectivity index (χ3n) is 3.99. The summed E-state index contributed by atoms with van der Waals surface area (Å²) >= 11 is 0. The van der Waals surface area contributed by atoms with E-state index in [4.69, 9.17) is 11.0 Å². The van der Waals surface area contributed by atoms with Gasteiger partial charge >= 0.3 is 0 Å². The van der Waals surface area contributed by atoms with Gasteiger partial charge in [-0.3, -0.25) is 4.90 Å². The molecule has 0 aliphatic carbocycles. The van der Waals surface area contributed by atoms with Crippen molar-refractivity contribution in [1.29, 1.82) is 5.26 Å². The van der Waals surface area contributed by atoms with Gasteiger partial charge in [-0.05, 0) is 59.4 Å². The lowest BCUT2D eigenvalue weighted by molar-refractivity contribution is 0.101. The van der Waals surface area contributed by atoms with Crippen molar-refractivity contribution in [3.63, 3.8) is 0 Å². The average Bonchev–Trinajstić information content (AvgIpc) is 2.27. The second kappa shape index (κ2) is 6.37. The molecular weight excluding hydrogens is 210 g/mol. The molecular formula is C14H27N3. The molecule has 17 heavy (non-hydrogen) atoms. The van der Waals surface area contributed by atoms with Crippen LogP contribution in [0.4, 0.5) is 0 Å². The van der Waals surface area contributed by atoms with E-state index in [1.807, 2.05) is 6.92 Å². The van der Waals surface area contributed by atoms with E-state index in [0.29, 0.717) is 0 Å². The summed E-state index contributed by atoms with van der Waals surface area (Å²) in [4.78, 5) is 2.61. The van der Waals surface area contributed by atoms with E-state index in [9.17, 15) is 0 Å². The van der Waals surface area contributed by atoms with Gasteiger partial charge in [-0.1, -0.05) is 6.42 Å². The SMILES string of the molecule is CC1CCCC(C)N1CCCCC(C)(N)C#N. The second-order valence-corrected chi connectivity index (χ2v) is 5.85. The van der Waals surface area contributed by atoms with Gasteiger partial charge in [-0.15, -0.1) is 0 Å². The van der Waals surface area contributed by atoms with Crippen molar-refractivity contribution >= 4 is 0 Å². The summed E-state index contributed by atoms with van der Waals surface area (Å²) < 4.78 is 0. The van der Waals surface area contributed by atoms with Crippen LogP contribution < -0.4 is 5.73 Å². The zero-order chi connectivity index (χ0) is 12.9. The molecule has 3 atom stereocenters. The minimum absolute atomic E-state index is 0.640. The normalized spacial score (nSPS) is 29.6. The van der Waals surface area contributed by atoms with Gasteiger partial charge in [0.1, 0.15) is 5.54 Å². The summed E-state index contributed by atoms with van der Waals surface area (Å²) in [5.74, 6) is 0. The van der Waals surface area contributed by atoms with E-state index < -0.39 is 5.54 Å². The molecule has 0 spiro atoms. The molecule has 0 saturated carbocycles. The Labute approximate surface area is 106 Å². The van der Waals surface area contributed by atoms with Gasteiger partial charge in [0.2, 0.25) is 0 Å². The number of likely N-dealkylation sites (tertiary alicyclic amines) is 1. The fraction of sp³-hybridized carbons (Fsp3) is 0.929. The molecule has 98 valence electrons. The molecule has 3 nitrogen and oxygen atoms in total. The van der Waals surface area contributed by atoms with Crippen molar-refractivity contribution in [2.24, 2.45) is 5.73 Å². The zero-order valence-corrected chi connectivity index (χ0v) is 11.6. The van der Waals surface area contributed by atoms with Crippen LogP contribution in [0.3, 0.4) is 0 Å². The zero-order valence-electron chi connectivity index (χ0n) is 11.6. The Kier molecular flexibility index (Phi) is 5.42. The predicted octanol–water partition coefficient (Wildman–Crippen LogP) is 2.66. The molecule has 0 aromatic rings. The van der Waals surface area contributed by atoms with Crippen LogP contribution in [0.25, 0.3) is 0 Å². The lowest BCUT2D eigenvalue weighted by Crippen LogP contribution is -2.44. The van der Waals surface area contributed by atoms with Gasteiger partial charge in [-0.25, -0.2) is 0 Å². The van der Waals surface area contributed by atoms with Crippen molar-refractivity contribution in [3.8, 4) is 6.07 Å². The van der Waals surface area contributed by atoms with Crippen LogP contribution in [0.5, 0.6) is 0 Å². The van der Waals surface area contributed by atoms with E-state index >= 15 is 0 Å². The first-order chi connectivity index (χ1) is 7.96. The third-order valence-corrected chi connectivity index (χ3v) is 3.99. The Morgan fingerprint density at radius 1 is 1.29 bits per heavy atom. The third kappa shape index (κ3) is 4.65. The van der Waals surface area contributed by atoms with Gasteiger partial charge in [0.15, 0.2) is 0 Å². The summed E-state index contributed by atoms with van der Waals surface area (Å²) in [6.45, 7) is 7.64. The van der Waals surface area contributed by atoms with Crippen LogP contribution >= 0.6 is 0 Å². The molecule has 1 rings (SSSR count). The van der Waals surface area contributed by atoms with Gasteiger partial charge < -0.3 is 5.73 Å². The summed E-state index contributed by atoms with van der Waals surface area (Å²) in [5.41, 5.74) is 5.18. The van der Waals surface area contributed by atoms with Gasteiger partial charge in [0.25, 0.3) is 0 Å². The molecule has 1 heterocycles. The van der Waals surface area contributed by atoms with E-state index in [-0.39, 0.29) is 0 Å². The number of rotatable bonds is 5. The molecule has 0 radical (unpaired) electrons. The quantitative estimate of drug-likeness (QED) is 0.748. The minimum atomic E-state index is -0.640. The number of hydrogen-bond acceptors (Lipinski definition) is 3. The van der Waals surface area contributed by atoms with Crippen molar-refractivity contribution < 1.29 is 0 Å². The Bertz CT molecular complexity index is 257. The van der Waals surface area contributed by atoms with Crippen molar-refractivity contribution in [2.45, 2.75) is 76.9 Å². The maximum atomic E-state index is 8.84. The van der Waals surface area contributed by atoms with E-state index in [2.05, 4.69) is 24.8 Å². The average molecular weight is 237 g/mol. The maximum absolute atomic E-state index is 8.84. The first-order valence-electron chi connectivity index (χ1n) is 6.92. The number of nitriles is 1. The van der Waals surface area contributed by atoms with Crippen LogP contribution in [0.15, 0.2) is 0 Å². The number of nitrogens with two attached hydrogens (primary N) is 1. The van der Waals surface area contributed by atoms with Gasteiger partial charge in [0, 0.05) is 12.1 Å². The van der Waals surface area contributed by atoms with Crippen molar-refractivity contribution in [1.82, 2.24) is 4.90 Å². The fourth-order valence-electron chi connectivity index (χ4n) is 2.76. The lowest BCUT2D eigenvalue weighted by atomic mass is 9.95. The Morgan fingerprint density at radius 3 is 2.41 bits per heavy atom. The number of nitrogens with zero attached hydrogens (tertiary/aromatic N) is 2. The number of piperidine rings is 1. The highest BCUT2D eigenvalue weighted by molar-refractivity contribution is 5.00. The monoisotopic (exact) mass is 237 g/mol. The second-order valence-electron chi connectivity index (χ2n) is 5.85. The van der Waals surface area contributed by atoms with E-state index in [1.54, 1.807) is 0 Å².